The second kappa shape index (κ2) is 25.2. The van der Waals surface area contributed by atoms with Crippen molar-refractivity contribution in [1.82, 2.24) is 0 Å². The second-order valence-electron chi connectivity index (χ2n) is 0.490. The molecule has 6 heteroatoms. The first kappa shape index (κ1) is 23.3. The molecule has 3 N–H and O–H groups in total. The molecule has 0 amide bonds. The standard InChI is InChI=1S/C2H3N.CH2O3.Na.H2O/c1-2-3;2-1(3)4;;/h1H3;(H2,2,3,4);;1H2/q;;+1;/p-1. The van der Waals surface area contributed by atoms with Crippen LogP contribution in [0.4, 0.5) is 4.79 Å². The zero-order chi connectivity index (χ0) is 6.28. The summed E-state index contributed by atoms with van der Waals surface area (Å²) < 4.78 is 0. The topological polar surface area (TPSA) is 116 Å². The predicted octanol–water partition coefficient (Wildman–Crippen LogP) is -4.40. The number of carboxylic acid groups (broad SMARTS) is 2. The largest absolute Gasteiger partial charge is 1.00 e. The Hall–Kier alpha value is -0.280. The smallest absolute Gasteiger partial charge is 0.565 e. The van der Waals surface area contributed by atoms with Gasteiger partial charge in [0.25, 0.3) is 0 Å². The minimum atomic E-state index is -2.08. The van der Waals surface area contributed by atoms with Gasteiger partial charge in [0.15, 0.2) is 0 Å². The third-order valence-electron chi connectivity index (χ3n) is 0. The van der Waals surface area contributed by atoms with Crippen LogP contribution in [0.5, 0.6) is 0 Å². The SMILES string of the molecule is CC#N.O.O=C([O-])O.[Na+]. The van der Waals surface area contributed by atoms with Gasteiger partial charge in [-0.1, -0.05) is 0 Å². The Kier molecular flexibility index (Phi) is 65.3. The van der Waals surface area contributed by atoms with Crippen molar-refractivity contribution >= 4 is 6.16 Å². The minimum absolute atomic E-state index is 0. The van der Waals surface area contributed by atoms with Gasteiger partial charge in [0.1, 0.15) is 0 Å². The van der Waals surface area contributed by atoms with Gasteiger partial charge >= 0.3 is 29.6 Å². The van der Waals surface area contributed by atoms with Crippen LogP contribution in [0.25, 0.3) is 0 Å². The number of nitrogens with zero attached hydrogens (tertiary/aromatic N) is 1. The molecule has 5 nitrogen and oxygen atoms in total. The van der Waals surface area contributed by atoms with Crippen LogP contribution in [0.15, 0.2) is 0 Å². The summed E-state index contributed by atoms with van der Waals surface area (Å²) in [6.07, 6.45) is -2.08. The van der Waals surface area contributed by atoms with Crippen LogP contribution in [0, 0.1) is 11.3 Å². The summed E-state index contributed by atoms with van der Waals surface area (Å²) >= 11 is 0. The first-order chi connectivity index (χ1) is 3.15. The molecule has 0 spiro atoms. The molecule has 0 aliphatic heterocycles. The fourth-order valence-corrected chi connectivity index (χ4v) is 0. The summed E-state index contributed by atoms with van der Waals surface area (Å²) in [6, 6.07) is 1.75. The third kappa shape index (κ3) is 3220. The summed E-state index contributed by atoms with van der Waals surface area (Å²) in [6.45, 7) is 1.43. The van der Waals surface area contributed by atoms with Crippen LogP contribution in [0.2, 0.25) is 0 Å². The predicted molar refractivity (Wildman–Crippen MR) is 22.9 cm³/mol. The van der Waals surface area contributed by atoms with Crippen LogP contribution >= 0.6 is 0 Å². The van der Waals surface area contributed by atoms with Crippen molar-refractivity contribution in [2.75, 3.05) is 0 Å². The van der Waals surface area contributed by atoms with Crippen LogP contribution < -0.4 is 34.7 Å². The molecule has 0 saturated heterocycles. The average molecular weight is 143 g/mol. The number of nitriles is 1. The van der Waals surface area contributed by atoms with Crippen LogP contribution in [-0.2, 0) is 0 Å². The van der Waals surface area contributed by atoms with E-state index in [9.17, 15) is 0 Å². The van der Waals surface area contributed by atoms with Crippen molar-refractivity contribution in [3.05, 3.63) is 0 Å². The van der Waals surface area contributed by atoms with Crippen molar-refractivity contribution in [3.63, 3.8) is 0 Å². The van der Waals surface area contributed by atoms with Crippen molar-refractivity contribution in [3.8, 4) is 6.07 Å². The molecule has 0 aliphatic rings. The molecule has 0 aromatic heterocycles. The number of carbonyl (C=O) groups is 1. The summed E-state index contributed by atoms with van der Waals surface area (Å²) in [5.74, 6) is 0. The van der Waals surface area contributed by atoms with Gasteiger partial charge in [-0.3, -0.25) is 0 Å². The molecular weight excluding hydrogens is 137 g/mol. The van der Waals surface area contributed by atoms with Crippen LogP contribution in [-0.4, -0.2) is 16.7 Å². The molecule has 0 aromatic rings. The van der Waals surface area contributed by atoms with Crippen molar-refractivity contribution in [2.24, 2.45) is 0 Å². The number of rotatable bonds is 0. The quantitative estimate of drug-likeness (QED) is 0.344. The summed E-state index contributed by atoms with van der Waals surface area (Å²) in [5, 5.41) is 22.6. The van der Waals surface area contributed by atoms with Gasteiger partial charge in [0.05, 0.1) is 6.07 Å². The molecule has 0 atom stereocenters. The molecule has 0 bridgehead atoms. The molecular formula is C3H6NNaO4. The normalized spacial score (nSPS) is 3.56. The molecule has 0 heterocycles. The van der Waals surface area contributed by atoms with Gasteiger partial charge in [-0.2, -0.15) is 5.26 Å². The van der Waals surface area contributed by atoms with Gasteiger partial charge in [0.2, 0.25) is 6.16 Å². The molecule has 0 unspecified atom stereocenters. The summed E-state index contributed by atoms with van der Waals surface area (Å²) in [4.78, 5) is 8.44. The zero-order valence-corrected chi connectivity index (χ0v) is 7.21. The third-order valence-corrected chi connectivity index (χ3v) is 0. The molecule has 0 saturated carbocycles. The molecule has 9 heavy (non-hydrogen) atoms. The summed E-state index contributed by atoms with van der Waals surface area (Å²) in [7, 11) is 0. The maximum Gasteiger partial charge on any atom is 1.00 e. The molecule has 0 aromatic carbocycles. The van der Waals surface area contributed by atoms with Gasteiger partial charge < -0.3 is 20.5 Å². The fraction of sp³-hybridized carbons (Fsp3) is 0.333. The summed E-state index contributed by atoms with van der Waals surface area (Å²) in [5.41, 5.74) is 0. The monoisotopic (exact) mass is 143 g/mol. The first-order valence-corrected chi connectivity index (χ1v) is 1.36. The van der Waals surface area contributed by atoms with E-state index >= 15 is 0 Å². The van der Waals surface area contributed by atoms with E-state index in [1.807, 2.05) is 0 Å². The molecule has 0 fully saturated rings. The molecule has 0 rings (SSSR count). The van der Waals surface area contributed by atoms with Crippen LogP contribution in [0.3, 0.4) is 0 Å². The van der Waals surface area contributed by atoms with E-state index < -0.39 is 6.16 Å². The van der Waals surface area contributed by atoms with E-state index in [2.05, 4.69) is 0 Å². The molecule has 0 radical (unpaired) electrons. The van der Waals surface area contributed by atoms with Crippen molar-refractivity contribution in [1.29, 1.82) is 5.26 Å². The minimum Gasteiger partial charge on any atom is -0.565 e. The van der Waals surface area contributed by atoms with Gasteiger partial charge in [-0.25, -0.2) is 0 Å². The second-order valence-corrected chi connectivity index (χ2v) is 0.490. The van der Waals surface area contributed by atoms with E-state index in [0.717, 1.165) is 0 Å². The average Bonchev–Trinajstić information content (AvgIpc) is 1.33. The molecule has 48 valence electrons. The Bertz CT molecular complexity index is 84.3. The maximum absolute atomic E-state index is 8.44. The fourth-order valence-electron chi connectivity index (χ4n) is 0. The van der Waals surface area contributed by atoms with Crippen molar-refractivity contribution < 1.29 is 50.0 Å². The van der Waals surface area contributed by atoms with Crippen LogP contribution in [0.1, 0.15) is 6.92 Å². The van der Waals surface area contributed by atoms with Gasteiger partial charge in [-0.05, 0) is 0 Å². The Morgan fingerprint density at radius 2 is 1.78 bits per heavy atom. The van der Waals surface area contributed by atoms with E-state index in [-0.39, 0.29) is 35.0 Å². The van der Waals surface area contributed by atoms with Gasteiger partial charge in [0, 0.05) is 6.92 Å². The Labute approximate surface area is 74.5 Å². The Morgan fingerprint density at radius 3 is 1.78 bits per heavy atom. The van der Waals surface area contributed by atoms with Crippen molar-refractivity contribution in [2.45, 2.75) is 6.92 Å². The molecule has 0 aliphatic carbocycles. The number of hydrogen-bond acceptors (Lipinski definition) is 3. The Morgan fingerprint density at radius 1 is 1.78 bits per heavy atom. The zero-order valence-electron chi connectivity index (χ0n) is 5.21. The maximum atomic E-state index is 8.44. The van der Waals surface area contributed by atoms with E-state index in [1.54, 1.807) is 6.07 Å². The number of hydrogen-bond donors (Lipinski definition) is 1. The first-order valence-electron chi connectivity index (χ1n) is 1.36. The van der Waals surface area contributed by atoms with E-state index in [0.29, 0.717) is 0 Å². The van der Waals surface area contributed by atoms with E-state index in [1.165, 1.54) is 6.92 Å². The Balaban J connectivity index is -0.0000000233. The van der Waals surface area contributed by atoms with Gasteiger partial charge in [-0.15, -0.1) is 0 Å². The van der Waals surface area contributed by atoms with E-state index in [4.69, 9.17) is 20.3 Å².